The van der Waals surface area contributed by atoms with Crippen LogP contribution in [0.15, 0.2) is 18.2 Å². The molecule has 0 unspecified atom stereocenters. The van der Waals surface area contributed by atoms with Crippen molar-refractivity contribution in [3.8, 4) is 0 Å². The zero-order chi connectivity index (χ0) is 13.7. The summed E-state index contributed by atoms with van der Waals surface area (Å²) in [5, 5.41) is 8.95. The minimum atomic E-state index is -0.253. The van der Waals surface area contributed by atoms with Crippen LogP contribution in [0.25, 0.3) is 0 Å². The molecule has 0 heterocycles. The normalized spacial score (nSPS) is 12.8. The average Bonchev–Trinajstić information content (AvgIpc) is 2.30. The van der Waals surface area contributed by atoms with E-state index in [1.165, 1.54) is 6.07 Å². The molecule has 1 aromatic carbocycles. The number of halogens is 1. The fourth-order valence-corrected chi connectivity index (χ4v) is 2.07. The quantitative estimate of drug-likeness (QED) is 0.819. The lowest BCUT2D eigenvalue weighted by Gasteiger charge is -2.32. The number of benzene rings is 1. The Morgan fingerprint density at radius 3 is 2.50 bits per heavy atom. The molecule has 0 amide bonds. The van der Waals surface area contributed by atoms with Gasteiger partial charge in [-0.3, -0.25) is 0 Å². The molecule has 102 valence electrons. The predicted octanol–water partition coefficient (Wildman–Crippen LogP) is 2.44. The Kier molecular flexibility index (Phi) is 5.56. The topological polar surface area (TPSA) is 49.5 Å². The van der Waals surface area contributed by atoms with Gasteiger partial charge in [-0.25, -0.2) is 4.39 Å². The lowest BCUT2D eigenvalue weighted by Crippen LogP contribution is -2.34. The molecular formula is C14H23FN2O. The Morgan fingerprint density at radius 2 is 2.00 bits per heavy atom. The summed E-state index contributed by atoms with van der Waals surface area (Å²) in [5.74, 6) is -0.253. The fourth-order valence-electron chi connectivity index (χ4n) is 2.07. The van der Waals surface area contributed by atoms with E-state index in [4.69, 9.17) is 10.8 Å². The number of nitrogens with zero attached hydrogens (tertiary/aromatic N) is 1. The van der Waals surface area contributed by atoms with Crippen LogP contribution in [0.5, 0.6) is 0 Å². The molecule has 0 aliphatic heterocycles. The molecule has 0 spiro atoms. The van der Waals surface area contributed by atoms with E-state index in [0.29, 0.717) is 18.7 Å². The number of para-hydroxylation sites is 1. The molecule has 0 aliphatic carbocycles. The van der Waals surface area contributed by atoms with Gasteiger partial charge in [0.25, 0.3) is 0 Å². The average molecular weight is 254 g/mol. The number of aliphatic hydroxyl groups excluding tert-OH is 1. The summed E-state index contributed by atoms with van der Waals surface area (Å²) in [6, 6.07) is 4.94. The van der Waals surface area contributed by atoms with Crippen molar-refractivity contribution in [1.29, 1.82) is 0 Å². The first-order valence-electron chi connectivity index (χ1n) is 6.40. The molecule has 0 saturated heterocycles. The molecule has 0 radical (unpaired) electrons. The van der Waals surface area contributed by atoms with Gasteiger partial charge >= 0.3 is 0 Å². The van der Waals surface area contributed by atoms with E-state index in [2.05, 4.69) is 0 Å². The zero-order valence-electron chi connectivity index (χ0n) is 11.4. The van der Waals surface area contributed by atoms with Gasteiger partial charge in [0, 0.05) is 25.2 Å². The molecule has 0 fully saturated rings. The zero-order valence-corrected chi connectivity index (χ0v) is 11.4. The largest absolute Gasteiger partial charge is 0.396 e. The molecule has 0 saturated carbocycles. The minimum absolute atomic E-state index is 0.102. The van der Waals surface area contributed by atoms with Crippen molar-refractivity contribution < 1.29 is 9.50 Å². The molecule has 1 rings (SSSR count). The van der Waals surface area contributed by atoms with E-state index in [0.717, 1.165) is 5.56 Å². The fraction of sp³-hybridized carbons (Fsp3) is 0.571. The lowest BCUT2D eigenvalue weighted by molar-refractivity contribution is 0.288. The maximum absolute atomic E-state index is 14.1. The summed E-state index contributed by atoms with van der Waals surface area (Å²) in [7, 11) is 0. The molecule has 18 heavy (non-hydrogen) atoms. The van der Waals surface area contributed by atoms with Crippen LogP contribution in [0.3, 0.4) is 0 Å². The predicted molar refractivity (Wildman–Crippen MR) is 73.2 cm³/mol. The maximum atomic E-state index is 14.1. The number of aliphatic hydroxyl groups is 1. The van der Waals surface area contributed by atoms with Crippen LogP contribution in [0.2, 0.25) is 0 Å². The Labute approximate surface area is 108 Å². The van der Waals surface area contributed by atoms with E-state index < -0.39 is 0 Å². The van der Waals surface area contributed by atoms with Crippen LogP contribution in [0.1, 0.15) is 38.8 Å². The van der Waals surface area contributed by atoms with Crippen molar-refractivity contribution in [1.82, 2.24) is 0 Å². The first-order valence-corrected chi connectivity index (χ1v) is 6.40. The van der Waals surface area contributed by atoms with Gasteiger partial charge in [-0.15, -0.1) is 0 Å². The Hall–Kier alpha value is -1.13. The molecule has 1 aromatic rings. The van der Waals surface area contributed by atoms with Crippen LogP contribution in [-0.4, -0.2) is 24.3 Å². The first-order chi connectivity index (χ1) is 8.49. The second-order valence-electron chi connectivity index (χ2n) is 4.83. The summed E-state index contributed by atoms with van der Waals surface area (Å²) in [6.07, 6.45) is 0.616. The number of hydrogen-bond donors (Lipinski definition) is 2. The van der Waals surface area contributed by atoms with Crippen LogP contribution >= 0.6 is 0 Å². The Bertz CT molecular complexity index is 380. The summed E-state index contributed by atoms with van der Waals surface area (Å²) in [6.45, 7) is 6.59. The highest BCUT2D eigenvalue weighted by Crippen LogP contribution is 2.30. The number of rotatable bonds is 6. The highest BCUT2D eigenvalue weighted by atomic mass is 19.1. The minimum Gasteiger partial charge on any atom is -0.396 e. The van der Waals surface area contributed by atoms with E-state index in [1.54, 1.807) is 6.07 Å². The maximum Gasteiger partial charge on any atom is 0.146 e. The highest BCUT2D eigenvalue weighted by Gasteiger charge is 2.19. The molecule has 4 heteroatoms. The Balaban J connectivity index is 3.17. The number of nitrogens with two attached hydrogens (primary N) is 1. The number of hydrogen-bond acceptors (Lipinski definition) is 3. The van der Waals surface area contributed by atoms with E-state index in [9.17, 15) is 4.39 Å². The van der Waals surface area contributed by atoms with Gasteiger partial charge < -0.3 is 15.7 Å². The molecule has 0 bridgehead atoms. The standard InChI is InChI=1S/C14H23FN2O/c1-10(2)17(8-5-9-18)14-12(11(3)16)6-4-7-13(14)15/h4,6-7,10-11,18H,5,8-9,16H2,1-3H3/t11-/m1/s1. The van der Waals surface area contributed by atoms with Crippen LogP contribution in [-0.2, 0) is 0 Å². The highest BCUT2D eigenvalue weighted by molar-refractivity contribution is 5.56. The smallest absolute Gasteiger partial charge is 0.146 e. The van der Waals surface area contributed by atoms with Gasteiger partial charge in [0.1, 0.15) is 5.82 Å². The third-order valence-electron chi connectivity index (χ3n) is 2.98. The van der Waals surface area contributed by atoms with Crippen molar-refractivity contribution >= 4 is 5.69 Å². The molecule has 3 nitrogen and oxygen atoms in total. The van der Waals surface area contributed by atoms with Gasteiger partial charge in [0.05, 0.1) is 5.69 Å². The Morgan fingerprint density at radius 1 is 1.33 bits per heavy atom. The van der Waals surface area contributed by atoms with Crippen molar-refractivity contribution in [3.63, 3.8) is 0 Å². The van der Waals surface area contributed by atoms with Crippen LogP contribution < -0.4 is 10.6 Å². The summed E-state index contributed by atoms with van der Waals surface area (Å²) >= 11 is 0. The van der Waals surface area contributed by atoms with Crippen LogP contribution in [0.4, 0.5) is 10.1 Å². The van der Waals surface area contributed by atoms with E-state index in [1.807, 2.05) is 31.7 Å². The van der Waals surface area contributed by atoms with Crippen molar-refractivity contribution in [2.45, 2.75) is 39.3 Å². The second-order valence-corrected chi connectivity index (χ2v) is 4.83. The monoisotopic (exact) mass is 254 g/mol. The molecular weight excluding hydrogens is 231 g/mol. The molecule has 3 N–H and O–H groups in total. The van der Waals surface area contributed by atoms with Gasteiger partial charge in [0.15, 0.2) is 0 Å². The molecule has 1 atom stereocenters. The van der Waals surface area contributed by atoms with E-state index in [-0.39, 0.29) is 24.5 Å². The third kappa shape index (κ3) is 3.43. The second kappa shape index (κ2) is 6.71. The number of anilines is 1. The summed E-state index contributed by atoms with van der Waals surface area (Å²) in [5.41, 5.74) is 7.28. The van der Waals surface area contributed by atoms with Gasteiger partial charge in [0.2, 0.25) is 0 Å². The third-order valence-corrected chi connectivity index (χ3v) is 2.98. The van der Waals surface area contributed by atoms with E-state index >= 15 is 0 Å². The summed E-state index contributed by atoms with van der Waals surface area (Å²) in [4.78, 5) is 1.96. The molecule has 0 aromatic heterocycles. The van der Waals surface area contributed by atoms with Gasteiger partial charge in [-0.1, -0.05) is 12.1 Å². The SMILES string of the molecule is CC(C)N(CCCO)c1c(F)cccc1[C@@H](C)N. The van der Waals surface area contributed by atoms with Crippen LogP contribution in [0, 0.1) is 5.82 Å². The van der Waals surface area contributed by atoms with Crippen molar-refractivity contribution in [3.05, 3.63) is 29.6 Å². The first kappa shape index (κ1) is 14.9. The summed E-state index contributed by atoms with van der Waals surface area (Å²) < 4.78 is 14.1. The van der Waals surface area contributed by atoms with Gasteiger partial charge in [-0.2, -0.15) is 0 Å². The lowest BCUT2D eigenvalue weighted by atomic mass is 10.0. The molecule has 0 aliphatic rings. The van der Waals surface area contributed by atoms with Crippen molar-refractivity contribution in [2.24, 2.45) is 5.73 Å². The van der Waals surface area contributed by atoms with Crippen molar-refractivity contribution in [2.75, 3.05) is 18.1 Å². The van der Waals surface area contributed by atoms with Gasteiger partial charge in [-0.05, 0) is 38.8 Å².